The number of halogens is 5. The third-order valence-electron chi connectivity index (χ3n) is 2.44. The molecule has 10 heteroatoms. The molecule has 1 unspecified atom stereocenters. The number of hydrogen-bond donors (Lipinski definition) is 2. The number of aromatic nitrogens is 1. The molecule has 0 aliphatic carbocycles. The third kappa shape index (κ3) is 8.26. The number of alkyl halides is 3. The Balaban J connectivity index is 0. The SMILES string of the molecule is CNC(C)CNC(=O)c1ncccc1OCC(F)(F)F.Cl.Cl. The van der Waals surface area contributed by atoms with Crippen molar-refractivity contribution < 1.29 is 22.7 Å². The zero-order valence-corrected chi connectivity index (χ0v) is 13.6. The second-order valence-corrected chi connectivity index (χ2v) is 4.15. The van der Waals surface area contributed by atoms with Crippen molar-refractivity contribution in [1.29, 1.82) is 0 Å². The van der Waals surface area contributed by atoms with Crippen molar-refractivity contribution in [3.63, 3.8) is 0 Å². The molecule has 0 aliphatic heterocycles. The summed E-state index contributed by atoms with van der Waals surface area (Å²) >= 11 is 0. The summed E-state index contributed by atoms with van der Waals surface area (Å²) < 4.78 is 41.0. The number of pyridine rings is 1. The standard InChI is InChI=1S/C12H16F3N3O2.2ClH/c1-8(16-2)6-18-11(19)10-9(4-3-5-17-10)20-7-12(13,14)15;;/h3-5,8,16H,6-7H2,1-2H3,(H,18,19);2*1H. The van der Waals surface area contributed by atoms with E-state index in [0.717, 1.165) is 0 Å². The van der Waals surface area contributed by atoms with Crippen LogP contribution in [0.2, 0.25) is 0 Å². The third-order valence-corrected chi connectivity index (χ3v) is 2.44. The van der Waals surface area contributed by atoms with Gasteiger partial charge in [-0.2, -0.15) is 13.2 Å². The molecule has 0 aliphatic rings. The summed E-state index contributed by atoms with van der Waals surface area (Å²) in [7, 11) is 1.73. The first-order chi connectivity index (χ1) is 9.33. The Hall–Kier alpha value is -1.25. The van der Waals surface area contributed by atoms with Gasteiger partial charge in [0.15, 0.2) is 18.1 Å². The van der Waals surface area contributed by atoms with E-state index in [1.807, 2.05) is 6.92 Å². The summed E-state index contributed by atoms with van der Waals surface area (Å²) in [6.07, 6.45) is -3.15. The van der Waals surface area contributed by atoms with Crippen LogP contribution in [0.4, 0.5) is 13.2 Å². The van der Waals surface area contributed by atoms with Crippen LogP contribution in [-0.4, -0.2) is 43.3 Å². The normalized spacial score (nSPS) is 11.7. The summed E-state index contributed by atoms with van der Waals surface area (Å²) in [5.74, 6) is -0.774. The molecule has 22 heavy (non-hydrogen) atoms. The summed E-state index contributed by atoms with van der Waals surface area (Å²) in [4.78, 5) is 15.6. The van der Waals surface area contributed by atoms with Gasteiger partial charge in [-0.15, -0.1) is 24.8 Å². The number of likely N-dealkylation sites (N-methyl/N-ethyl adjacent to an activating group) is 1. The lowest BCUT2D eigenvalue weighted by Gasteiger charge is -2.14. The van der Waals surface area contributed by atoms with E-state index in [-0.39, 0.29) is 42.3 Å². The zero-order valence-electron chi connectivity index (χ0n) is 11.9. The molecule has 5 nitrogen and oxygen atoms in total. The van der Waals surface area contributed by atoms with Crippen LogP contribution >= 0.6 is 24.8 Å². The average molecular weight is 364 g/mol. The molecule has 2 N–H and O–H groups in total. The number of rotatable bonds is 6. The Kier molecular flexibility index (Phi) is 11.0. The first-order valence-corrected chi connectivity index (χ1v) is 5.93. The fourth-order valence-electron chi connectivity index (χ4n) is 1.27. The highest BCUT2D eigenvalue weighted by molar-refractivity contribution is 5.94. The maximum absolute atomic E-state index is 12.1. The van der Waals surface area contributed by atoms with Gasteiger partial charge in [0.05, 0.1) is 0 Å². The minimum Gasteiger partial charge on any atom is -0.482 e. The Morgan fingerprint density at radius 1 is 1.41 bits per heavy atom. The van der Waals surface area contributed by atoms with Gasteiger partial charge in [-0.3, -0.25) is 4.79 Å². The van der Waals surface area contributed by atoms with Crippen molar-refractivity contribution in [2.45, 2.75) is 19.1 Å². The van der Waals surface area contributed by atoms with E-state index < -0.39 is 18.7 Å². The van der Waals surface area contributed by atoms with Crippen molar-refractivity contribution in [1.82, 2.24) is 15.6 Å². The van der Waals surface area contributed by atoms with Gasteiger partial charge in [0.25, 0.3) is 5.91 Å². The van der Waals surface area contributed by atoms with Crippen LogP contribution in [0.25, 0.3) is 0 Å². The molecule has 0 radical (unpaired) electrons. The topological polar surface area (TPSA) is 63.2 Å². The second kappa shape index (κ2) is 10.5. The maximum Gasteiger partial charge on any atom is 0.422 e. The zero-order chi connectivity index (χ0) is 15.2. The van der Waals surface area contributed by atoms with E-state index in [0.29, 0.717) is 6.54 Å². The van der Waals surface area contributed by atoms with Crippen molar-refractivity contribution in [2.24, 2.45) is 0 Å². The highest BCUT2D eigenvalue weighted by Crippen LogP contribution is 2.20. The molecule has 1 atom stereocenters. The van der Waals surface area contributed by atoms with Gasteiger partial charge in [-0.05, 0) is 26.1 Å². The van der Waals surface area contributed by atoms with Crippen molar-refractivity contribution in [3.8, 4) is 5.75 Å². The van der Waals surface area contributed by atoms with Crippen LogP contribution < -0.4 is 15.4 Å². The molecule has 1 rings (SSSR count). The van der Waals surface area contributed by atoms with Crippen LogP contribution in [0, 0.1) is 0 Å². The molecule has 0 fully saturated rings. The van der Waals surface area contributed by atoms with Gasteiger partial charge in [-0.25, -0.2) is 4.98 Å². The van der Waals surface area contributed by atoms with Gasteiger partial charge in [0.2, 0.25) is 0 Å². The molecular weight excluding hydrogens is 346 g/mol. The minimum atomic E-state index is -4.47. The lowest BCUT2D eigenvalue weighted by Crippen LogP contribution is -2.37. The fourth-order valence-corrected chi connectivity index (χ4v) is 1.27. The van der Waals surface area contributed by atoms with Crippen LogP contribution in [-0.2, 0) is 0 Å². The number of ether oxygens (including phenoxy) is 1. The number of nitrogens with zero attached hydrogens (tertiary/aromatic N) is 1. The first kappa shape index (κ1) is 23.0. The van der Waals surface area contributed by atoms with E-state index in [9.17, 15) is 18.0 Å². The van der Waals surface area contributed by atoms with Gasteiger partial charge in [0.1, 0.15) is 0 Å². The highest BCUT2D eigenvalue weighted by Gasteiger charge is 2.29. The fraction of sp³-hybridized carbons (Fsp3) is 0.500. The van der Waals surface area contributed by atoms with E-state index in [1.165, 1.54) is 18.3 Å². The summed E-state index contributed by atoms with van der Waals surface area (Å²) in [5, 5.41) is 5.48. The number of carbonyl (C=O) groups excluding carboxylic acids is 1. The predicted octanol–water partition coefficient (Wildman–Crippen LogP) is 2.20. The van der Waals surface area contributed by atoms with Crippen molar-refractivity contribution >= 4 is 30.7 Å². The number of carbonyl (C=O) groups is 1. The Morgan fingerprint density at radius 3 is 2.59 bits per heavy atom. The van der Waals surface area contributed by atoms with E-state index in [4.69, 9.17) is 0 Å². The molecule has 1 aromatic heterocycles. The van der Waals surface area contributed by atoms with Gasteiger partial charge in [-0.1, -0.05) is 0 Å². The van der Waals surface area contributed by atoms with Crippen molar-refractivity contribution in [3.05, 3.63) is 24.0 Å². The highest BCUT2D eigenvalue weighted by atomic mass is 35.5. The predicted molar refractivity (Wildman–Crippen MR) is 81.1 cm³/mol. The summed E-state index contributed by atoms with van der Waals surface area (Å²) in [6.45, 7) is 0.705. The van der Waals surface area contributed by atoms with Gasteiger partial charge >= 0.3 is 6.18 Å². The summed E-state index contributed by atoms with van der Waals surface area (Å²) in [6, 6.07) is 2.70. The molecule has 0 bridgehead atoms. The monoisotopic (exact) mass is 363 g/mol. The maximum atomic E-state index is 12.1. The Labute approximate surface area is 138 Å². The second-order valence-electron chi connectivity index (χ2n) is 4.15. The van der Waals surface area contributed by atoms with Gasteiger partial charge in [0, 0.05) is 18.8 Å². The molecule has 0 saturated heterocycles. The molecule has 0 aromatic carbocycles. The number of amides is 1. The van der Waals surface area contributed by atoms with E-state index in [1.54, 1.807) is 7.05 Å². The van der Waals surface area contributed by atoms with Crippen LogP contribution in [0.3, 0.4) is 0 Å². The van der Waals surface area contributed by atoms with E-state index in [2.05, 4.69) is 20.4 Å². The van der Waals surface area contributed by atoms with Crippen molar-refractivity contribution in [2.75, 3.05) is 20.2 Å². The Bertz CT molecular complexity index is 461. The molecule has 1 amide bonds. The molecule has 1 heterocycles. The lowest BCUT2D eigenvalue weighted by molar-refractivity contribution is -0.153. The van der Waals surface area contributed by atoms with E-state index >= 15 is 0 Å². The first-order valence-electron chi connectivity index (χ1n) is 5.93. The summed E-state index contributed by atoms with van der Waals surface area (Å²) in [5.41, 5.74) is -0.167. The molecule has 0 spiro atoms. The average Bonchev–Trinajstić information content (AvgIpc) is 2.41. The number of hydrogen-bond acceptors (Lipinski definition) is 4. The molecule has 128 valence electrons. The van der Waals surface area contributed by atoms with Crippen LogP contribution in [0.1, 0.15) is 17.4 Å². The smallest absolute Gasteiger partial charge is 0.422 e. The number of nitrogens with one attached hydrogen (secondary N) is 2. The molecular formula is C12H18Cl2F3N3O2. The largest absolute Gasteiger partial charge is 0.482 e. The van der Waals surface area contributed by atoms with Gasteiger partial charge < -0.3 is 15.4 Å². The minimum absolute atomic E-state index is 0. The lowest BCUT2D eigenvalue weighted by atomic mass is 10.3. The van der Waals surface area contributed by atoms with Crippen LogP contribution in [0.15, 0.2) is 18.3 Å². The molecule has 1 aromatic rings. The van der Waals surface area contributed by atoms with Crippen LogP contribution in [0.5, 0.6) is 5.75 Å². The quantitative estimate of drug-likeness (QED) is 0.813. The Morgan fingerprint density at radius 2 is 2.05 bits per heavy atom. The molecule has 0 saturated carbocycles.